The van der Waals surface area contributed by atoms with Crippen molar-refractivity contribution >= 4 is 28.6 Å². The smallest absolute Gasteiger partial charge is 0.330 e. The van der Waals surface area contributed by atoms with Crippen molar-refractivity contribution in [1.82, 2.24) is 15.2 Å². The number of amides is 2. The fourth-order valence-electron chi connectivity index (χ4n) is 4.79. The van der Waals surface area contributed by atoms with Crippen molar-refractivity contribution in [2.75, 3.05) is 6.54 Å². The van der Waals surface area contributed by atoms with E-state index in [0.717, 1.165) is 10.8 Å². The highest BCUT2D eigenvalue weighted by Crippen LogP contribution is 2.45. The molecule has 4 atom stereocenters. The molecule has 0 spiro atoms. The zero-order valence-electron chi connectivity index (χ0n) is 17.6. The molecule has 1 saturated heterocycles. The molecule has 8 heteroatoms. The van der Waals surface area contributed by atoms with E-state index in [1.54, 1.807) is 11.1 Å². The van der Waals surface area contributed by atoms with Crippen molar-refractivity contribution in [3.63, 3.8) is 0 Å². The van der Waals surface area contributed by atoms with Crippen molar-refractivity contribution in [3.8, 4) is 5.88 Å². The molecule has 2 fully saturated rings. The van der Waals surface area contributed by atoms with E-state index < -0.39 is 29.6 Å². The lowest BCUT2D eigenvalue weighted by atomic mass is 10.1. The van der Waals surface area contributed by atoms with Crippen LogP contribution in [0.4, 0.5) is 0 Å². The molecule has 2 aromatic rings. The number of hydrogen-bond donors (Lipinski definition) is 2. The van der Waals surface area contributed by atoms with Gasteiger partial charge < -0.3 is 20.1 Å². The van der Waals surface area contributed by atoms with Crippen LogP contribution in [-0.4, -0.2) is 57.0 Å². The summed E-state index contributed by atoms with van der Waals surface area (Å²) in [5.74, 6) is -1.35. The molecule has 1 aromatic heterocycles. The van der Waals surface area contributed by atoms with Crippen molar-refractivity contribution < 1.29 is 24.2 Å². The van der Waals surface area contributed by atoms with Crippen LogP contribution in [0.15, 0.2) is 48.7 Å². The molecule has 1 aromatic carbocycles. The van der Waals surface area contributed by atoms with Gasteiger partial charge in [-0.05, 0) is 36.8 Å². The number of carboxylic acid groups (broad SMARTS) is 1. The van der Waals surface area contributed by atoms with Crippen LogP contribution in [-0.2, 0) is 14.4 Å². The number of rotatable bonds is 3. The second-order valence-electron chi connectivity index (χ2n) is 8.77. The number of carbonyl (C=O) groups excluding carboxylic acids is 2. The van der Waals surface area contributed by atoms with Gasteiger partial charge in [-0.3, -0.25) is 9.59 Å². The first-order valence-corrected chi connectivity index (χ1v) is 11.0. The molecule has 1 aliphatic carbocycles. The van der Waals surface area contributed by atoms with E-state index in [0.29, 0.717) is 38.0 Å². The molecular formula is C24H25N3O5. The summed E-state index contributed by atoms with van der Waals surface area (Å²) in [7, 11) is 0. The third-order valence-corrected chi connectivity index (χ3v) is 6.67. The van der Waals surface area contributed by atoms with Crippen LogP contribution >= 0.6 is 0 Å². The maximum Gasteiger partial charge on any atom is 0.330 e. The van der Waals surface area contributed by atoms with Crippen LogP contribution in [0.3, 0.4) is 0 Å². The Bertz CT molecular complexity index is 1110. The van der Waals surface area contributed by atoms with Gasteiger partial charge in [0.15, 0.2) is 0 Å². The monoisotopic (exact) mass is 435 g/mol. The van der Waals surface area contributed by atoms with Crippen LogP contribution in [0.5, 0.6) is 5.88 Å². The van der Waals surface area contributed by atoms with Gasteiger partial charge in [0.1, 0.15) is 17.7 Å². The number of nitrogens with one attached hydrogen (secondary N) is 1. The van der Waals surface area contributed by atoms with Crippen LogP contribution in [0.2, 0.25) is 0 Å². The molecular weight excluding hydrogens is 410 g/mol. The highest BCUT2D eigenvalue weighted by molar-refractivity contribution is 5.95. The van der Waals surface area contributed by atoms with Crippen molar-refractivity contribution in [2.45, 2.75) is 49.8 Å². The summed E-state index contributed by atoms with van der Waals surface area (Å²) in [6.07, 6.45) is 7.37. The fourth-order valence-corrected chi connectivity index (χ4v) is 4.79. The van der Waals surface area contributed by atoms with E-state index in [2.05, 4.69) is 10.3 Å². The van der Waals surface area contributed by atoms with E-state index in [1.807, 2.05) is 42.5 Å². The van der Waals surface area contributed by atoms with Gasteiger partial charge in [0.2, 0.25) is 17.7 Å². The molecule has 3 aliphatic rings. The van der Waals surface area contributed by atoms with Crippen LogP contribution in [0, 0.1) is 5.92 Å². The highest BCUT2D eigenvalue weighted by atomic mass is 16.5. The molecule has 32 heavy (non-hydrogen) atoms. The molecule has 8 nitrogen and oxygen atoms in total. The van der Waals surface area contributed by atoms with Crippen molar-refractivity contribution in [2.24, 2.45) is 5.92 Å². The molecule has 3 heterocycles. The van der Waals surface area contributed by atoms with Crippen molar-refractivity contribution in [1.29, 1.82) is 0 Å². The molecule has 1 saturated carbocycles. The Morgan fingerprint density at radius 3 is 2.94 bits per heavy atom. The number of nitrogens with zero attached hydrogens (tertiary/aromatic N) is 2. The number of ether oxygens (including phenoxy) is 1. The van der Waals surface area contributed by atoms with E-state index >= 15 is 0 Å². The lowest BCUT2D eigenvalue weighted by molar-refractivity contribution is -0.145. The topological polar surface area (TPSA) is 109 Å². The number of fused-ring (bicyclic) bond motifs is 3. The molecule has 0 bridgehead atoms. The van der Waals surface area contributed by atoms with Crippen LogP contribution < -0.4 is 10.1 Å². The lowest BCUT2D eigenvalue weighted by Crippen LogP contribution is -2.53. The SMILES string of the molecule is O=C1N[C@]2(C(=O)O)C[C@H]2/C=C/CCCC(=O)N2CC(Oc3nccc4ccccc34)C[C@@H]12. The summed E-state index contributed by atoms with van der Waals surface area (Å²) in [5.41, 5.74) is -1.28. The third kappa shape index (κ3) is 3.59. The normalized spacial score (nSPS) is 31.0. The predicted molar refractivity (Wildman–Crippen MR) is 116 cm³/mol. The van der Waals surface area contributed by atoms with Gasteiger partial charge in [0.05, 0.1) is 6.54 Å². The predicted octanol–water partition coefficient (Wildman–Crippen LogP) is 2.28. The Hall–Kier alpha value is -3.42. The minimum Gasteiger partial charge on any atom is -0.479 e. The average molecular weight is 435 g/mol. The van der Waals surface area contributed by atoms with Crippen molar-refractivity contribution in [3.05, 3.63) is 48.7 Å². The zero-order valence-corrected chi connectivity index (χ0v) is 17.6. The number of aromatic nitrogens is 1. The number of pyridine rings is 1. The first kappa shape index (κ1) is 20.5. The van der Waals surface area contributed by atoms with Gasteiger partial charge >= 0.3 is 5.97 Å². The standard InChI is InChI=1S/C24H25N3O5/c28-20-9-3-1-2-7-16-13-24(16,23(30)31)26-21(29)19-12-17(14-27(19)20)32-22-18-8-5-4-6-15(18)10-11-25-22/h2,4-8,10-11,16-17,19H,1,3,9,12-14H2,(H,26,29)(H,30,31)/b7-2+/t16-,17?,19+,24-/m1/s1. The van der Waals surface area contributed by atoms with Gasteiger partial charge in [-0.2, -0.15) is 0 Å². The Kier molecular flexibility index (Phi) is 5.07. The van der Waals surface area contributed by atoms with Gasteiger partial charge in [-0.15, -0.1) is 0 Å². The second kappa shape index (κ2) is 7.93. The second-order valence-corrected chi connectivity index (χ2v) is 8.77. The Balaban J connectivity index is 1.40. The number of aliphatic carboxylic acids is 1. The number of carbonyl (C=O) groups is 3. The largest absolute Gasteiger partial charge is 0.479 e. The molecule has 2 N–H and O–H groups in total. The van der Waals surface area contributed by atoms with Gasteiger partial charge in [0, 0.05) is 30.3 Å². The molecule has 2 amide bonds. The van der Waals surface area contributed by atoms with Crippen LogP contribution in [0.1, 0.15) is 32.1 Å². The minimum atomic E-state index is -1.28. The number of allylic oxidation sites excluding steroid dienone is 1. The van der Waals surface area contributed by atoms with Gasteiger partial charge in [-0.1, -0.05) is 30.4 Å². The summed E-state index contributed by atoms with van der Waals surface area (Å²) in [5, 5.41) is 14.3. The van der Waals surface area contributed by atoms with E-state index in [4.69, 9.17) is 4.74 Å². The van der Waals surface area contributed by atoms with Crippen LogP contribution in [0.25, 0.3) is 10.8 Å². The molecule has 0 radical (unpaired) electrons. The summed E-state index contributed by atoms with van der Waals surface area (Å²) >= 11 is 0. The highest BCUT2D eigenvalue weighted by Gasteiger charge is 2.61. The van der Waals surface area contributed by atoms with Gasteiger partial charge in [-0.25, -0.2) is 9.78 Å². The quantitative estimate of drug-likeness (QED) is 0.716. The minimum absolute atomic E-state index is 0.118. The van der Waals surface area contributed by atoms with Gasteiger partial charge in [0.25, 0.3) is 0 Å². The Labute approximate surface area is 185 Å². The lowest BCUT2D eigenvalue weighted by Gasteiger charge is -2.25. The molecule has 166 valence electrons. The number of hydrogen-bond acceptors (Lipinski definition) is 5. The first-order chi connectivity index (χ1) is 15.5. The number of benzene rings is 1. The van der Waals surface area contributed by atoms with E-state index in [-0.39, 0.29) is 18.4 Å². The molecule has 2 aliphatic heterocycles. The summed E-state index contributed by atoms with van der Waals surface area (Å²) in [6, 6.07) is 8.88. The summed E-state index contributed by atoms with van der Waals surface area (Å²) < 4.78 is 6.17. The molecule has 1 unspecified atom stereocenters. The molecule has 5 rings (SSSR count). The maximum absolute atomic E-state index is 13.2. The summed E-state index contributed by atoms with van der Waals surface area (Å²) in [4.78, 5) is 43.9. The zero-order chi connectivity index (χ0) is 22.3. The summed E-state index contributed by atoms with van der Waals surface area (Å²) in [6.45, 7) is 0.265. The van der Waals surface area contributed by atoms with E-state index in [1.165, 1.54) is 0 Å². The fraction of sp³-hybridized carbons (Fsp3) is 0.417. The maximum atomic E-state index is 13.2. The van der Waals surface area contributed by atoms with E-state index in [9.17, 15) is 19.5 Å². The first-order valence-electron chi connectivity index (χ1n) is 11.0. The number of carboxylic acids is 1. The Morgan fingerprint density at radius 2 is 2.09 bits per heavy atom. The average Bonchev–Trinajstić information content (AvgIpc) is 3.31. The third-order valence-electron chi connectivity index (χ3n) is 6.67. The Morgan fingerprint density at radius 1 is 1.25 bits per heavy atom.